The Kier molecular flexibility index (Phi) is 8.43. The van der Waals surface area contributed by atoms with E-state index in [9.17, 15) is 9.59 Å². The van der Waals surface area contributed by atoms with Gasteiger partial charge < -0.3 is 14.2 Å². The lowest BCUT2D eigenvalue weighted by molar-refractivity contribution is -0.136. The minimum absolute atomic E-state index is 0.00664. The molecule has 0 spiro atoms. The average molecular weight is 338 g/mol. The molecular weight excluding hydrogens is 316 g/mol. The highest BCUT2D eigenvalue weighted by Crippen LogP contribution is 2.15. The van der Waals surface area contributed by atoms with Crippen molar-refractivity contribution >= 4 is 22.8 Å². The summed E-state index contributed by atoms with van der Waals surface area (Å²) in [5.74, 6) is 0.814. The second kappa shape index (κ2) is 10.1. The molecular formula is C17H22O5S. The van der Waals surface area contributed by atoms with E-state index in [0.29, 0.717) is 17.9 Å². The molecule has 0 aliphatic carbocycles. The van der Waals surface area contributed by atoms with Gasteiger partial charge in [-0.15, -0.1) is 0 Å². The Morgan fingerprint density at radius 1 is 1.17 bits per heavy atom. The Hall–Kier alpha value is -1.79. The molecule has 0 saturated carbocycles. The summed E-state index contributed by atoms with van der Waals surface area (Å²) in [5, 5.41) is 0.00664. The molecule has 0 saturated heterocycles. The molecule has 0 amide bonds. The third-order valence-corrected chi connectivity index (χ3v) is 3.92. The van der Waals surface area contributed by atoms with E-state index in [1.807, 2.05) is 24.3 Å². The number of rotatable bonds is 8. The van der Waals surface area contributed by atoms with E-state index in [4.69, 9.17) is 9.47 Å². The van der Waals surface area contributed by atoms with Crippen LogP contribution >= 0.6 is 11.8 Å². The molecule has 23 heavy (non-hydrogen) atoms. The third kappa shape index (κ3) is 7.34. The van der Waals surface area contributed by atoms with Crippen LogP contribution in [0.15, 0.2) is 35.9 Å². The molecule has 5 nitrogen and oxygen atoms in total. The van der Waals surface area contributed by atoms with Gasteiger partial charge in [-0.05, 0) is 30.7 Å². The van der Waals surface area contributed by atoms with Gasteiger partial charge >= 0.3 is 5.97 Å². The van der Waals surface area contributed by atoms with E-state index in [1.165, 1.54) is 14.0 Å². The highest BCUT2D eigenvalue weighted by molar-refractivity contribution is 8.13. The molecule has 0 fully saturated rings. The van der Waals surface area contributed by atoms with Gasteiger partial charge in [0.15, 0.2) is 5.12 Å². The summed E-state index contributed by atoms with van der Waals surface area (Å²) in [4.78, 5) is 22.6. The highest BCUT2D eigenvalue weighted by Gasteiger charge is 2.12. The molecule has 0 radical (unpaired) electrons. The normalized spacial score (nSPS) is 12.6. The zero-order chi connectivity index (χ0) is 17.2. The van der Waals surface area contributed by atoms with Crippen LogP contribution in [0.4, 0.5) is 0 Å². The summed E-state index contributed by atoms with van der Waals surface area (Å²) in [6.45, 7) is 3.54. The van der Waals surface area contributed by atoms with Crippen LogP contribution in [0.5, 0.6) is 5.75 Å². The first-order valence-corrected chi connectivity index (χ1v) is 8.09. The summed E-state index contributed by atoms with van der Waals surface area (Å²) in [6.07, 6.45) is 1.33. The van der Waals surface area contributed by atoms with Crippen molar-refractivity contribution in [2.75, 3.05) is 20.0 Å². The van der Waals surface area contributed by atoms with Crippen molar-refractivity contribution in [1.29, 1.82) is 0 Å². The van der Waals surface area contributed by atoms with Crippen LogP contribution < -0.4 is 4.74 Å². The second-order valence-electron chi connectivity index (χ2n) is 4.84. The van der Waals surface area contributed by atoms with Crippen molar-refractivity contribution in [1.82, 2.24) is 0 Å². The summed E-state index contributed by atoms with van der Waals surface area (Å²) >= 11 is 1.16. The maximum Gasteiger partial charge on any atom is 0.333 e. The summed E-state index contributed by atoms with van der Waals surface area (Å²) < 4.78 is 15.6. The number of carbonyl (C=O) groups excluding carboxylic acids is 2. The monoisotopic (exact) mass is 338 g/mol. The topological polar surface area (TPSA) is 61.8 Å². The lowest BCUT2D eigenvalue weighted by atomic mass is 10.2. The van der Waals surface area contributed by atoms with Gasteiger partial charge in [0.2, 0.25) is 0 Å². The van der Waals surface area contributed by atoms with Gasteiger partial charge in [-0.25, -0.2) is 4.79 Å². The van der Waals surface area contributed by atoms with Crippen LogP contribution in [0.1, 0.15) is 19.4 Å². The number of hydrogen-bond donors (Lipinski definition) is 0. The van der Waals surface area contributed by atoms with E-state index >= 15 is 0 Å². The fourth-order valence-electron chi connectivity index (χ4n) is 1.78. The van der Waals surface area contributed by atoms with Crippen LogP contribution in [0.2, 0.25) is 0 Å². The lowest BCUT2D eigenvalue weighted by Crippen LogP contribution is -2.16. The first-order valence-electron chi connectivity index (χ1n) is 7.11. The largest absolute Gasteiger partial charge is 0.497 e. The molecule has 1 rings (SSSR count). The Morgan fingerprint density at radius 2 is 1.83 bits per heavy atom. The van der Waals surface area contributed by atoms with Gasteiger partial charge in [0, 0.05) is 18.2 Å². The molecule has 0 aliphatic rings. The van der Waals surface area contributed by atoms with Crippen molar-refractivity contribution in [3.63, 3.8) is 0 Å². The van der Waals surface area contributed by atoms with Crippen molar-refractivity contribution in [2.24, 2.45) is 0 Å². The standard InChI is InChI=1S/C17H22O5S/c1-12(17(19)21-4)9-16(11-23-13(2)18)22-10-14-5-7-15(20-3)8-6-14/h5-9,16H,10-11H2,1-4H3/b12-9+/t16-/m1/s1. The molecule has 1 aromatic carbocycles. The van der Waals surface area contributed by atoms with Gasteiger partial charge in [0.05, 0.1) is 26.9 Å². The number of esters is 1. The molecule has 6 heteroatoms. The van der Waals surface area contributed by atoms with E-state index < -0.39 is 5.97 Å². The lowest BCUT2D eigenvalue weighted by Gasteiger charge is -2.14. The predicted octanol–water partition coefficient (Wildman–Crippen LogP) is 2.98. The number of hydrogen-bond acceptors (Lipinski definition) is 6. The van der Waals surface area contributed by atoms with Crippen molar-refractivity contribution in [3.8, 4) is 5.75 Å². The minimum atomic E-state index is -0.407. The predicted molar refractivity (Wildman–Crippen MR) is 90.5 cm³/mol. The fourth-order valence-corrected chi connectivity index (χ4v) is 2.37. The zero-order valence-corrected chi connectivity index (χ0v) is 14.6. The van der Waals surface area contributed by atoms with Gasteiger partial charge in [0.1, 0.15) is 5.75 Å². The van der Waals surface area contributed by atoms with Crippen molar-refractivity contribution in [3.05, 3.63) is 41.5 Å². The van der Waals surface area contributed by atoms with Gasteiger partial charge in [-0.3, -0.25) is 4.79 Å². The number of carbonyl (C=O) groups is 2. The molecule has 0 heterocycles. The number of thioether (sulfide) groups is 1. The number of ether oxygens (including phenoxy) is 3. The Bertz CT molecular complexity index is 551. The van der Waals surface area contributed by atoms with Crippen LogP contribution in [0, 0.1) is 0 Å². The van der Waals surface area contributed by atoms with Crippen LogP contribution in [0.3, 0.4) is 0 Å². The molecule has 0 aromatic heterocycles. The van der Waals surface area contributed by atoms with Crippen molar-refractivity contribution < 1.29 is 23.8 Å². The average Bonchev–Trinajstić information content (AvgIpc) is 2.56. The number of methoxy groups -OCH3 is 2. The molecule has 1 atom stereocenters. The van der Waals surface area contributed by atoms with E-state index in [1.54, 1.807) is 20.1 Å². The minimum Gasteiger partial charge on any atom is -0.497 e. The molecule has 0 bridgehead atoms. The molecule has 126 valence electrons. The van der Waals surface area contributed by atoms with Gasteiger partial charge in [-0.1, -0.05) is 23.9 Å². The molecule has 0 unspecified atom stereocenters. The second-order valence-corrected chi connectivity index (χ2v) is 6.04. The Morgan fingerprint density at radius 3 is 2.35 bits per heavy atom. The SMILES string of the molecule is COC(=O)/C(C)=C/[C@H](CSC(C)=O)OCc1ccc(OC)cc1. The van der Waals surface area contributed by atoms with Gasteiger partial charge in [-0.2, -0.15) is 0 Å². The van der Waals surface area contributed by atoms with Crippen LogP contribution in [-0.2, 0) is 25.7 Å². The first-order chi connectivity index (χ1) is 11.0. The molecule has 1 aromatic rings. The van der Waals surface area contributed by atoms with Crippen LogP contribution in [-0.4, -0.2) is 37.2 Å². The molecule has 0 N–H and O–H groups in total. The first kappa shape index (κ1) is 19.3. The number of benzene rings is 1. The van der Waals surface area contributed by atoms with E-state index in [0.717, 1.165) is 23.1 Å². The van der Waals surface area contributed by atoms with E-state index in [2.05, 4.69) is 4.74 Å². The summed E-state index contributed by atoms with van der Waals surface area (Å²) in [5.41, 5.74) is 1.43. The van der Waals surface area contributed by atoms with Crippen molar-refractivity contribution in [2.45, 2.75) is 26.6 Å². The summed E-state index contributed by atoms with van der Waals surface area (Å²) in [7, 11) is 2.94. The smallest absolute Gasteiger partial charge is 0.333 e. The Labute approximate surface area is 141 Å². The summed E-state index contributed by atoms with van der Waals surface area (Å²) in [6, 6.07) is 7.52. The maximum absolute atomic E-state index is 11.5. The van der Waals surface area contributed by atoms with Crippen LogP contribution in [0.25, 0.3) is 0 Å². The molecule has 0 aliphatic heterocycles. The highest BCUT2D eigenvalue weighted by atomic mass is 32.2. The third-order valence-electron chi connectivity index (χ3n) is 3.02. The van der Waals surface area contributed by atoms with Gasteiger partial charge in [0.25, 0.3) is 0 Å². The Balaban J connectivity index is 2.70. The maximum atomic E-state index is 11.5. The van der Waals surface area contributed by atoms with E-state index in [-0.39, 0.29) is 11.2 Å². The zero-order valence-electron chi connectivity index (χ0n) is 13.8. The quantitative estimate of drug-likeness (QED) is 0.536. The fraction of sp³-hybridized carbons (Fsp3) is 0.412.